The molecule has 5 heteroatoms. The molecule has 5 nitrogen and oxygen atoms in total. The van der Waals surface area contributed by atoms with Crippen LogP contribution in [0, 0.1) is 6.92 Å². The van der Waals surface area contributed by atoms with E-state index in [9.17, 15) is 4.79 Å². The minimum atomic E-state index is -0.114. The molecule has 0 spiro atoms. The molecule has 0 bridgehead atoms. The van der Waals surface area contributed by atoms with Gasteiger partial charge < -0.3 is 10.3 Å². The first-order chi connectivity index (χ1) is 9.47. The van der Waals surface area contributed by atoms with E-state index in [2.05, 4.69) is 4.98 Å². The van der Waals surface area contributed by atoms with Crippen LogP contribution < -0.4 is 11.3 Å². The minimum Gasteiger partial charge on any atom is -0.385 e. The van der Waals surface area contributed by atoms with Crippen LogP contribution in [-0.2, 0) is 14.1 Å². The number of imidazole rings is 1. The summed E-state index contributed by atoms with van der Waals surface area (Å²) in [5.74, 6) is 1.41. The van der Waals surface area contributed by atoms with Crippen molar-refractivity contribution in [3.63, 3.8) is 0 Å². The standard InChI is InChI=1S/C15H16N4O/c1-9-17-12-6-10(4-5-13(12)18(9)2)11-7-14(16)19(3)15(20)8-11/h4-8H,16H2,1-3H3. The highest BCUT2D eigenvalue weighted by atomic mass is 16.1. The molecular formula is C15H16N4O. The number of benzene rings is 1. The first kappa shape index (κ1) is 12.5. The van der Waals surface area contributed by atoms with Crippen molar-refractivity contribution < 1.29 is 0 Å². The van der Waals surface area contributed by atoms with Crippen LogP contribution in [0.25, 0.3) is 22.2 Å². The van der Waals surface area contributed by atoms with E-state index in [0.29, 0.717) is 5.82 Å². The lowest BCUT2D eigenvalue weighted by atomic mass is 10.1. The number of hydrogen-bond donors (Lipinski definition) is 1. The van der Waals surface area contributed by atoms with E-state index in [0.717, 1.165) is 28.0 Å². The summed E-state index contributed by atoms with van der Waals surface area (Å²) in [4.78, 5) is 16.3. The van der Waals surface area contributed by atoms with Crippen LogP contribution in [0.15, 0.2) is 35.1 Å². The Morgan fingerprint density at radius 2 is 1.80 bits per heavy atom. The maximum Gasteiger partial charge on any atom is 0.252 e. The maximum atomic E-state index is 11.8. The van der Waals surface area contributed by atoms with Gasteiger partial charge in [-0.3, -0.25) is 9.36 Å². The molecule has 0 amide bonds. The lowest BCUT2D eigenvalue weighted by molar-refractivity contribution is 0.876. The van der Waals surface area contributed by atoms with E-state index in [4.69, 9.17) is 5.73 Å². The van der Waals surface area contributed by atoms with E-state index in [1.807, 2.05) is 36.7 Å². The molecule has 0 atom stereocenters. The van der Waals surface area contributed by atoms with Gasteiger partial charge in [0.1, 0.15) is 11.6 Å². The van der Waals surface area contributed by atoms with Crippen LogP contribution in [0.4, 0.5) is 5.82 Å². The summed E-state index contributed by atoms with van der Waals surface area (Å²) in [6.07, 6.45) is 0. The Bertz CT molecular complexity index is 873. The molecule has 3 rings (SSSR count). The van der Waals surface area contributed by atoms with Crippen LogP contribution in [0.3, 0.4) is 0 Å². The number of anilines is 1. The second-order valence-corrected chi connectivity index (χ2v) is 4.99. The summed E-state index contributed by atoms with van der Waals surface area (Å²) in [5.41, 5.74) is 9.48. The Morgan fingerprint density at radius 1 is 1.05 bits per heavy atom. The minimum absolute atomic E-state index is 0.114. The second-order valence-electron chi connectivity index (χ2n) is 4.99. The highest BCUT2D eigenvalue weighted by molar-refractivity contribution is 5.82. The fraction of sp³-hybridized carbons (Fsp3) is 0.200. The van der Waals surface area contributed by atoms with Crippen molar-refractivity contribution in [2.24, 2.45) is 14.1 Å². The lowest BCUT2D eigenvalue weighted by Gasteiger charge is -2.07. The molecule has 0 aliphatic heterocycles. The third-order valence-electron chi connectivity index (χ3n) is 3.74. The molecule has 2 heterocycles. The zero-order valence-corrected chi connectivity index (χ0v) is 11.7. The predicted molar refractivity (Wildman–Crippen MR) is 80.5 cm³/mol. The fourth-order valence-electron chi connectivity index (χ4n) is 2.32. The third kappa shape index (κ3) is 1.79. The molecule has 0 radical (unpaired) electrons. The monoisotopic (exact) mass is 268 g/mol. The molecule has 0 saturated heterocycles. The molecule has 20 heavy (non-hydrogen) atoms. The molecule has 1 aromatic carbocycles. The van der Waals surface area contributed by atoms with Crippen LogP contribution in [-0.4, -0.2) is 14.1 Å². The van der Waals surface area contributed by atoms with Gasteiger partial charge in [0.25, 0.3) is 5.56 Å². The molecule has 0 unspecified atom stereocenters. The predicted octanol–water partition coefficient (Wildman–Crippen LogP) is 1.83. The largest absolute Gasteiger partial charge is 0.385 e. The number of aromatic nitrogens is 3. The Labute approximate surface area is 116 Å². The summed E-state index contributed by atoms with van der Waals surface area (Å²) in [5, 5.41) is 0. The molecular weight excluding hydrogens is 252 g/mol. The molecule has 0 aliphatic rings. The summed E-state index contributed by atoms with van der Waals surface area (Å²) in [6, 6.07) is 9.37. The maximum absolute atomic E-state index is 11.8. The normalized spacial score (nSPS) is 11.2. The number of nitrogens with two attached hydrogens (primary N) is 1. The highest BCUT2D eigenvalue weighted by Gasteiger charge is 2.08. The van der Waals surface area contributed by atoms with Gasteiger partial charge in [0.15, 0.2) is 0 Å². The number of rotatable bonds is 1. The topological polar surface area (TPSA) is 65.8 Å². The molecule has 0 aliphatic carbocycles. The number of nitrogens with zero attached hydrogens (tertiary/aromatic N) is 3. The fourth-order valence-corrected chi connectivity index (χ4v) is 2.32. The number of nitrogen functional groups attached to an aromatic ring is 1. The number of hydrogen-bond acceptors (Lipinski definition) is 3. The summed E-state index contributed by atoms with van der Waals surface area (Å²) < 4.78 is 3.46. The van der Waals surface area contributed by atoms with Gasteiger partial charge in [-0.15, -0.1) is 0 Å². The van der Waals surface area contributed by atoms with E-state index < -0.39 is 0 Å². The summed E-state index contributed by atoms with van der Waals surface area (Å²) in [6.45, 7) is 1.97. The van der Waals surface area contributed by atoms with Crippen molar-refractivity contribution in [2.45, 2.75) is 6.92 Å². The molecule has 2 aromatic heterocycles. The average molecular weight is 268 g/mol. The van der Waals surface area contributed by atoms with Gasteiger partial charge in [0, 0.05) is 20.2 Å². The van der Waals surface area contributed by atoms with Gasteiger partial charge >= 0.3 is 0 Å². The number of fused-ring (bicyclic) bond motifs is 1. The van der Waals surface area contributed by atoms with Gasteiger partial charge in [-0.05, 0) is 36.2 Å². The Hall–Kier alpha value is -2.56. The van der Waals surface area contributed by atoms with Gasteiger partial charge in [-0.25, -0.2) is 4.98 Å². The van der Waals surface area contributed by atoms with E-state index in [-0.39, 0.29) is 5.56 Å². The summed E-state index contributed by atoms with van der Waals surface area (Å²) >= 11 is 0. The van der Waals surface area contributed by atoms with Crippen molar-refractivity contribution in [2.75, 3.05) is 5.73 Å². The van der Waals surface area contributed by atoms with Crippen molar-refractivity contribution in [3.8, 4) is 11.1 Å². The van der Waals surface area contributed by atoms with Crippen molar-refractivity contribution >= 4 is 16.9 Å². The van der Waals surface area contributed by atoms with E-state index in [1.54, 1.807) is 19.2 Å². The smallest absolute Gasteiger partial charge is 0.252 e. The first-order valence-electron chi connectivity index (χ1n) is 6.37. The molecule has 0 saturated carbocycles. The Morgan fingerprint density at radius 3 is 2.50 bits per heavy atom. The number of pyridine rings is 1. The Kier molecular flexibility index (Phi) is 2.64. The quantitative estimate of drug-likeness (QED) is 0.732. The van der Waals surface area contributed by atoms with Crippen LogP contribution in [0.2, 0.25) is 0 Å². The van der Waals surface area contributed by atoms with Crippen LogP contribution in [0.5, 0.6) is 0 Å². The average Bonchev–Trinajstić information content (AvgIpc) is 2.70. The van der Waals surface area contributed by atoms with Crippen molar-refractivity contribution in [3.05, 3.63) is 46.5 Å². The highest BCUT2D eigenvalue weighted by Crippen LogP contribution is 2.24. The van der Waals surface area contributed by atoms with Gasteiger partial charge in [-0.1, -0.05) is 6.07 Å². The van der Waals surface area contributed by atoms with E-state index >= 15 is 0 Å². The third-order valence-corrected chi connectivity index (χ3v) is 3.74. The molecule has 0 fully saturated rings. The van der Waals surface area contributed by atoms with Gasteiger partial charge in [0.2, 0.25) is 0 Å². The van der Waals surface area contributed by atoms with E-state index in [1.165, 1.54) is 4.57 Å². The molecule has 102 valence electrons. The van der Waals surface area contributed by atoms with Gasteiger partial charge in [0.05, 0.1) is 11.0 Å². The van der Waals surface area contributed by atoms with Crippen LogP contribution in [0.1, 0.15) is 5.82 Å². The molecule has 2 N–H and O–H groups in total. The van der Waals surface area contributed by atoms with Crippen LogP contribution >= 0.6 is 0 Å². The molecule has 3 aromatic rings. The summed E-state index contributed by atoms with van der Waals surface area (Å²) in [7, 11) is 3.65. The lowest BCUT2D eigenvalue weighted by Crippen LogP contribution is -2.18. The van der Waals surface area contributed by atoms with Crippen molar-refractivity contribution in [1.82, 2.24) is 14.1 Å². The van der Waals surface area contributed by atoms with Crippen molar-refractivity contribution in [1.29, 1.82) is 0 Å². The second kappa shape index (κ2) is 4.23. The zero-order valence-electron chi connectivity index (χ0n) is 11.7. The number of aryl methyl sites for hydroxylation is 2. The SMILES string of the molecule is Cc1nc2cc(-c3cc(N)n(C)c(=O)c3)ccc2n1C. The first-order valence-corrected chi connectivity index (χ1v) is 6.37. The zero-order chi connectivity index (χ0) is 14.4. The Balaban J connectivity index is 2.22. The van der Waals surface area contributed by atoms with Gasteiger partial charge in [-0.2, -0.15) is 0 Å².